The van der Waals surface area contributed by atoms with Crippen LogP contribution in [0.2, 0.25) is 0 Å². The lowest BCUT2D eigenvalue weighted by Crippen LogP contribution is -2.11. The van der Waals surface area contributed by atoms with Crippen LogP contribution >= 0.6 is 11.6 Å². The van der Waals surface area contributed by atoms with E-state index in [1.807, 2.05) is 12.3 Å². The number of pyridine rings is 1. The summed E-state index contributed by atoms with van der Waals surface area (Å²) in [4.78, 5) is 4.30. The lowest BCUT2D eigenvalue weighted by molar-refractivity contribution is 0.163. The van der Waals surface area contributed by atoms with Crippen molar-refractivity contribution >= 4 is 11.6 Å². The summed E-state index contributed by atoms with van der Waals surface area (Å²) in [5.41, 5.74) is 2.18. The molecule has 1 rings (SSSR count). The molecule has 0 amide bonds. The molecule has 1 atom stereocenters. The number of aliphatic hydroxyl groups is 1. The van der Waals surface area contributed by atoms with Gasteiger partial charge in [-0.2, -0.15) is 0 Å². The van der Waals surface area contributed by atoms with Crippen LogP contribution in [0.4, 0.5) is 0 Å². The molecule has 0 bridgehead atoms. The fraction of sp³-hybridized carbons (Fsp3) is 0.583. The summed E-state index contributed by atoms with van der Waals surface area (Å²) in [6.07, 6.45) is 4.80. The largest absolute Gasteiger partial charge is 0.393 e. The zero-order valence-electron chi connectivity index (χ0n) is 9.12. The third-order valence-electron chi connectivity index (χ3n) is 2.41. The lowest BCUT2D eigenvalue weighted by atomic mass is 10.1. The highest BCUT2D eigenvalue weighted by Gasteiger charge is 2.05. The van der Waals surface area contributed by atoms with Crippen molar-refractivity contribution in [2.45, 2.75) is 38.7 Å². The van der Waals surface area contributed by atoms with E-state index >= 15 is 0 Å². The molecule has 0 saturated heterocycles. The highest BCUT2D eigenvalue weighted by Crippen LogP contribution is 2.07. The van der Waals surface area contributed by atoms with E-state index in [1.54, 1.807) is 0 Å². The van der Waals surface area contributed by atoms with Gasteiger partial charge in [-0.25, -0.2) is 0 Å². The molecule has 0 saturated carbocycles. The molecule has 0 radical (unpaired) electrons. The fourth-order valence-electron chi connectivity index (χ4n) is 1.44. The molecule has 2 nitrogen and oxygen atoms in total. The van der Waals surface area contributed by atoms with Crippen LogP contribution in [-0.4, -0.2) is 22.1 Å². The zero-order chi connectivity index (χ0) is 11.1. The summed E-state index contributed by atoms with van der Waals surface area (Å²) in [5, 5.41) is 9.66. The molecule has 0 aliphatic heterocycles. The van der Waals surface area contributed by atoms with E-state index in [2.05, 4.69) is 18.0 Å². The number of aliphatic hydroxyl groups excluding tert-OH is 1. The minimum atomic E-state index is -0.316. The van der Waals surface area contributed by atoms with Crippen LogP contribution in [0, 0.1) is 0 Å². The van der Waals surface area contributed by atoms with E-state index in [0.717, 1.165) is 25.0 Å². The zero-order valence-corrected chi connectivity index (χ0v) is 9.87. The highest BCUT2D eigenvalue weighted by molar-refractivity contribution is 6.17. The van der Waals surface area contributed by atoms with Gasteiger partial charge in [-0.15, -0.1) is 11.6 Å². The average Bonchev–Trinajstić information content (AvgIpc) is 2.27. The molecule has 0 aliphatic rings. The van der Waals surface area contributed by atoms with Gasteiger partial charge in [0.25, 0.3) is 0 Å². The van der Waals surface area contributed by atoms with Crippen molar-refractivity contribution in [3.63, 3.8) is 0 Å². The summed E-state index contributed by atoms with van der Waals surface area (Å²) in [6.45, 7) is 2.10. The highest BCUT2D eigenvalue weighted by atomic mass is 35.5. The first kappa shape index (κ1) is 12.5. The molecule has 3 heteroatoms. The Hall–Kier alpha value is -0.600. The SMILES string of the molecule is CCc1ccc(CC(O)CCCCl)nc1. The lowest BCUT2D eigenvalue weighted by Gasteiger charge is -2.09. The quantitative estimate of drug-likeness (QED) is 0.758. The second-order valence-electron chi connectivity index (χ2n) is 3.70. The van der Waals surface area contributed by atoms with Gasteiger partial charge in [-0.05, 0) is 30.9 Å². The molecule has 1 aromatic rings. The first-order chi connectivity index (χ1) is 7.26. The maximum absolute atomic E-state index is 9.66. The molecule has 1 aromatic heterocycles. The summed E-state index contributed by atoms with van der Waals surface area (Å²) >= 11 is 5.56. The molecule has 84 valence electrons. The Labute approximate surface area is 96.3 Å². The van der Waals surface area contributed by atoms with Crippen LogP contribution in [0.3, 0.4) is 0 Å². The van der Waals surface area contributed by atoms with Crippen LogP contribution in [0.1, 0.15) is 31.0 Å². The van der Waals surface area contributed by atoms with Crippen LogP contribution in [0.5, 0.6) is 0 Å². The number of nitrogens with zero attached hydrogens (tertiary/aromatic N) is 1. The molecule has 1 unspecified atom stereocenters. The molecular weight excluding hydrogens is 210 g/mol. The summed E-state index contributed by atoms with van der Waals surface area (Å²) in [5.74, 6) is 0.610. The third-order valence-corrected chi connectivity index (χ3v) is 2.68. The van der Waals surface area contributed by atoms with Gasteiger partial charge >= 0.3 is 0 Å². The topological polar surface area (TPSA) is 33.1 Å². The van der Waals surface area contributed by atoms with Gasteiger partial charge in [0.05, 0.1) is 6.10 Å². The normalized spacial score (nSPS) is 12.7. The molecule has 1 N–H and O–H groups in total. The van der Waals surface area contributed by atoms with E-state index < -0.39 is 0 Å². The van der Waals surface area contributed by atoms with E-state index in [9.17, 15) is 5.11 Å². The molecule has 0 fully saturated rings. The van der Waals surface area contributed by atoms with E-state index in [4.69, 9.17) is 11.6 Å². The average molecular weight is 228 g/mol. The molecule has 0 aliphatic carbocycles. The van der Waals surface area contributed by atoms with Crippen LogP contribution in [0.25, 0.3) is 0 Å². The predicted octanol–water partition coefficient (Wildman–Crippen LogP) is 2.57. The molecule has 15 heavy (non-hydrogen) atoms. The standard InChI is InChI=1S/C12H18ClNO/c1-2-10-5-6-11(14-9-10)8-12(15)4-3-7-13/h5-6,9,12,15H,2-4,7-8H2,1H3. The van der Waals surface area contributed by atoms with Crippen molar-refractivity contribution in [2.24, 2.45) is 0 Å². The number of halogens is 1. The van der Waals surface area contributed by atoms with Gasteiger partial charge in [0, 0.05) is 24.2 Å². The van der Waals surface area contributed by atoms with Gasteiger partial charge in [-0.3, -0.25) is 4.98 Å². The van der Waals surface area contributed by atoms with E-state index in [1.165, 1.54) is 5.56 Å². The van der Waals surface area contributed by atoms with Crippen molar-refractivity contribution in [1.29, 1.82) is 0 Å². The number of aryl methyl sites for hydroxylation is 1. The smallest absolute Gasteiger partial charge is 0.0596 e. The fourth-order valence-corrected chi connectivity index (χ4v) is 1.60. The first-order valence-corrected chi connectivity index (χ1v) is 5.97. The van der Waals surface area contributed by atoms with Gasteiger partial charge < -0.3 is 5.11 Å². The first-order valence-electron chi connectivity index (χ1n) is 5.44. The second-order valence-corrected chi connectivity index (χ2v) is 4.08. The van der Waals surface area contributed by atoms with E-state index in [0.29, 0.717) is 12.3 Å². The van der Waals surface area contributed by atoms with Gasteiger partial charge in [0.15, 0.2) is 0 Å². The number of hydrogen-bond donors (Lipinski definition) is 1. The van der Waals surface area contributed by atoms with Crippen molar-refractivity contribution in [3.8, 4) is 0 Å². The Morgan fingerprint density at radius 2 is 2.27 bits per heavy atom. The maximum atomic E-state index is 9.66. The van der Waals surface area contributed by atoms with Gasteiger partial charge in [0.2, 0.25) is 0 Å². The van der Waals surface area contributed by atoms with Crippen molar-refractivity contribution < 1.29 is 5.11 Å². The number of hydrogen-bond acceptors (Lipinski definition) is 2. The van der Waals surface area contributed by atoms with Crippen LogP contribution < -0.4 is 0 Å². The van der Waals surface area contributed by atoms with Gasteiger partial charge in [0.1, 0.15) is 0 Å². The Bertz CT molecular complexity index is 273. The summed E-state index contributed by atoms with van der Waals surface area (Å²) < 4.78 is 0. The minimum Gasteiger partial charge on any atom is -0.393 e. The molecule has 0 aromatic carbocycles. The molecule has 1 heterocycles. The maximum Gasteiger partial charge on any atom is 0.0596 e. The van der Waals surface area contributed by atoms with Crippen molar-refractivity contribution in [2.75, 3.05) is 5.88 Å². The molecular formula is C12H18ClNO. The van der Waals surface area contributed by atoms with Crippen LogP contribution in [0.15, 0.2) is 18.3 Å². The monoisotopic (exact) mass is 227 g/mol. The summed E-state index contributed by atoms with van der Waals surface area (Å²) in [7, 11) is 0. The van der Waals surface area contributed by atoms with Gasteiger partial charge in [-0.1, -0.05) is 13.0 Å². The van der Waals surface area contributed by atoms with Crippen molar-refractivity contribution in [3.05, 3.63) is 29.6 Å². The second kappa shape index (κ2) is 6.81. The number of aromatic nitrogens is 1. The summed E-state index contributed by atoms with van der Waals surface area (Å²) in [6, 6.07) is 4.05. The van der Waals surface area contributed by atoms with Crippen molar-refractivity contribution in [1.82, 2.24) is 4.98 Å². The van der Waals surface area contributed by atoms with Crippen LogP contribution in [-0.2, 0) is 12.8 Å². The van der Waals surface area contributed by atoms with E-state index in [-0.39, 0.29) is 6.10 Å². The Morgan fingerprint density at radius 1 is 1.47 bits per heavy atom. The molecule has 0 spiro atoms. The third kappa shape index (κ3) is 4.63. The Balaban J connectivity index is 2.42. The number of alkyl halides is 1. The number of rotatable bonds is 6. The predicted molar refractivity (Wildman–Crippen MR) is 63.3 cm³/mol. The Kier molecular flexibility index (Phi) is 5.66. The minimum absolute atomic E-state index is 0.316. The Morgan fingerprint density at radius 3 is 2.80 bits per heavy atom.